The lowest BCUT2D eigenvalue weighted by molar-refractivity contribution is 0.624. The van der Waals surface area contributed by atoms with Gasteiger partial charge in [0.25, 0.3) is 0 Å². The summed E-state index contributed by atoms with van der Waals surface area (Å²) in [6.07, 6.45) is 3.83. The van der Waals surface area contributed by atoms with Gasteiger partial charge >= 0.3 is 0 Å². The molecule has 0 aromatic heterocycles. The maximum atomic E-state index is 12.7. The van der Waals surface area contributed by atoms with Gasteiger partial charge in [0.15, 0.2) is 0 Å². The Bertz CT molecular complexity index is 322. The van der Waals surface area contributed by atoms with Crippen LogP contribution >= 0.6 is 0 Å². The lowest BCUT2D eigenvalue weighted by Crippen LogP contribution is -2.19. The zero-order chi connectivity index (χ0) is 11.8. The third kappa shape index (κ3) is 4.00. The Labute approximate surface area is 95.5 Å². The molecule has 0 aliphatic heterocycles. The quantitative estimate of drug-likeness (QED) is 0.634. The van der Waals surface area contributed by atoms with Crippen molar-refractivity contribution in [2.75, 3.05) is 20.1 Å². The van der Waals surface area contributed by atoms with Gasteiger partial charge in [-0.3, -0.25) is 0 Å². The van der Waals surface area contributed by atoms with E-state index in [1.807, 2.05) is 19.3 Å². The van der Waals surface area contributed by atoms with Crippen molar-refractivity contribution in [3.63, 3.8) is 0 Å². The van der Waals surface area contributed by atoms with Crippen LogP contribution in [0.5, 0.6) is 0 Å². The third-order valence-corrected chi connectivity index (χ3v) is 2.24. The number of benzene rings is 1. The molecule has 0 saturated carbocycles. The van der Waals surface area contributed by atoms with Crippen molar-refractivity contribution in [1.29, 1.82) is 0 Å². The molecule has 0 spiro atoms. The van der Waals surface area contributed by atoms with Gasteiger partial charge in [0.1, 0.15) is 5.82 Å². The van der Waals surface area contributed by atoms with Gasteiger partial charge < -0.3 is 16.4 Å². The average molecular weight is 223 g/mol. The highest BCUT2D eigenvalue weighted by Gasteiger charge is 2.04. The summed E-state index contributed by atoms with van der Waals surface area (Å²) in [5.74, 6) is -0.219. The smallest absolute Gasteiger partial charge is 0.123 e. The number of nitrogens with two attached hydrogens (primary N) is 1. The molecular formula is C12H18FN3. The van der Waals surface area contributed by atoms with E-state index in [1.165, 1.54) is 12.1 Å². The van der Waals surface area contributed by atoms with Gasteiger partial charge in [-0.2, -0.15) is 0 Å². The summed E-state index contributed by atoms with van der Waals surface area (Å²) in [6, 6.07) is 6.53. The Kier molecular flexibility index (Phi) is 5.53. The summed E-state index contributed by atoms with van der Waals surface area (Å²) in [5.41, 5.74) is 6.37. The number of hydrogen-bond acceptors (Lipinski definition) is 3. The zero-order valence-corrected chi connectivity index (χ0v) is 9.41. The lowest BCUT2D eigenvalue weighted by Gasteiger charge is -2.12. The van der Waals surface area contributed by atoms with Crippen LogP contribution in [-0.4, -0.2) is 20.1 Å². The fourth-order valence-corrected chi connectivity index (χ4v) is 1.38. The summed E-state index contributed by atoms with van der Waals surface area (Å²) < 4.78 is 12.7. The normalized spacial score (nSPS) is 12.9. The highest BCUT2D eigenvalue weighted by molar-refractivity contribution is 5.23. The minimum atomic E-state index is -0.219. The predicted octanol–water partition coefficient (Wildman–Crippen LogP) is 1.15. The van der Waals surface area contributed by atoms with Gasteiger partial charge in [0.05, 0.1) is 6.04 Å². The molecule has 0 amide bonds. The molecule has 0 aliphatic carbocycles. The van der Waals surface area contributed by atoms with Crippen molar-refractivity contribution in [3.8, 4) is 0 Å². The fraction of sp³-hybridized carbons (Fsp3) is 0.333. The third-order valence-electron chi connectivity index (χ3n) is 2.24. The number of nitrogens with one attached hydrogen (secondary N) is 2. The maximum absolute atomic E-state index is 12.7. The molecule has 16 heavy (non-hydrogen) atoms. The van der Waals surface area contributed by atoms with E-state index in [2.05, 4.69) is 10.6 Å². The van der Waals surface area contributed by atoms with Gasteiger partial charge in [-0.05, 0) is 37.0 Å². The van der Waals surface area contributed by atoms with E-state index in [4.69, 9.17) is 5.73 Å². The maximum Gasteiger partial charge on any atom is 0.123 e. The second kappa shape index (κ2) is 6.98. The molecule has 0 radical (unpaired) electrons. The van der Waals surface area contributed by atoms with E-state index in [9.17, 15) is 4.39 Å². The van der Waals surface area contributed by atoms with E-state index in [1.54, 1.807) is 12.1 Å². The number of likely N-dealkylation sites (N-methyl/N-ethyl adjacent to an activating group) is 1. The van der Waals surface area contributed by atoms with Crippen LogP contribution < -0.4 is 16.4 Å². The van der Waals surface area contributed by atoms with E-state index in [0.29, 0.717) is 6.54 Å². The number of hydrogen-bond donors (Lipinski definition) is 3. The minimum absolute atomic E-state index is 0.0749. The highest BCUT2D eigenvalue weighted by Crippen LogP contribution is 2.13. The molecule has 1 atom stereocenters. The van der Waals surface area contributed by atoms with Crippen LogP contribution in [0.2, 0.25) is 0 Å². The molecule has 3 nitrogen and oxygen atoms in total. The second-order valence-corrected chi connectivity index (χ2v) is 3.42. The first-order valence-electron chi connectivity index (χ1n) is 5.30. The summed E-state index contributed by atoms with van der Waals surface area (Å²) in [4.78, 5) is 0. The monoisotopic (exact) mass is 223 g/mol. The zero-order valence-electron chi connectivity index (χ0n) is 9.41. The fourth-order valence-electron chi connectivity index (χ4n) is 1.38. The standard InChI is InChI=1S/C12H18FN3/c1-15-12(6-8-16-9-7-14)10-2-4-11(13)5-3-10/h2-6,8,12,15-16H,7,9,14H2,1H3/b8-6-. The van der Waals surface area contributed by atoms with Crippen molar-refractivity contribution >= 4 is 0 Å². The first-order chi connectivity index (χ1) is 7.77. The molecule has 1 unspecified atom stereocenters. The SMILES string of the molecule is CNC(/C=C\NCCN)c1ccc(F)cc1. The first kappa shape index (κ1) is 12.7. The molecule has 1 aromatic carbocycles. The van der Waals surface area contributed by atoms with E-state index in [-0.39, 0.29) is 11.9 Å². The molecule has 88 valence electrons. The Morgan fingerprint density at radius 3 is 2.62 bits per heavy atom. The number of rotatable bonds is 6. The van der Waals surface area contributed by atoms with Crippen LogP contribution in [0.1, 0.15) is 11.6 Å². The molecule has 0 aliphatic rings. The van der Waals surface area contributed by atoms with E-state index in [0.717, 1.165) is 12.1 Å². The summed E-state index contributed by atoms with van der Waals surface area (Å²) >= 11 is 0. The summed E-state index contributed by atoms with van der Waals surface area (Å²) in [7, 11) is 1.86. The van der Waals surface area contributed by atoms with Crippen LogP contribution in [0, 0.1) is 5.82 Å². The second-order valence-electron chi connectivity index (χ2n) is 3.42. The van der Waals surface area contributed by atoms with E-state index < -0.39 is 0 Å². The first-order valence-corrected chi connectivity index (χ1v) is 5.30. The molecule has 0 heterocycles. The largest absolute Gasteiger partial charge is 0.390 e. The predicted molar refractivity (Wildman–Crippen MR) is 64.4 cm³/mol. The molecule has 0 saturated heterocycles. The molecular weight excluding hydrogens is 205 g/mol. The summed E-state index contributed by atoms with van der Waals surface area (Å²) in [5, 5.41) is 6.20. The Morgan fingerprint density at radius 1 is 1.38 bits per heavy atom. The van der Waals surface area contributed by atoms with Gasteiger partial charge in [-0.1, -0.05) is 12.1 Å². The minimum Gasteiger partial charge on any atom is -0.390 e. The van der Waals surface area contributed by atoms with Crippen molar-refractivity contribution < 1.29 is 4.39 Å². The van der Waals surface area contributed by atoms with Crippen LogP contribution in [0.25, 0.3) is 0 Å². The molecule has 1 rings (SSSR count). The van der Waals surface area contributed by atoms with Crippen molar-refractivity contribution in [2.45, 2.75) is 6.04 Å². The highest BCUT2D eigenvalue weighted by atomic mass is 19.1. The Balaban J connectivity index is 2.60. The average Bonchev–Trinajstić information content (AvgIpc) is 2.31. The molecule has 4 heteroatoms. The van der Waals surface area contributed by atoms with Crippen LogP contribution in [0.4, 0.5) is 4.39 Å². The lowest BCUT2D eigenvalue weighted by atomic mass is 10.1. The molecule has 0 bridgehead atoms. The molecule has 4 N–H and O–H groups in total. The van der Waals surface area contributed by atoms with Crippen LogP contribution in [0.3, 0.4) is 0 Å². The topological polar surface area (TPSA) is 50.1 Å². The van der Waals surface area contributed by atoms with Gasteiger partial charge in [0, 0.05) is 13.1 Å². The number of halogens is 1. The van der Waals surface area contributed by atoms with Gasteiger partial charge in [0.2, 0.25) is 0 Å². The Morgan fingerprint density at radius 2 is 2.06 bits per heavy atom. The van der Waals surface area contributed by atoms with Crippen LogP contribution in [-0.2, 0) is 0 Å². The van der Waals surface area contributed by atoms with Crippen molar-refractivity contribution in [1.82, 2.24) is 10.6 Å². The van der Waals surface area contributed by atoms with Crippen molar-refractivity contribution in [3.05, 3.63) is 47.9 Å². The molecule has 0 fully saturated rings. The molecule has 1 aromatic rings. The Hall–Kier alpha value is -1.39. The van der Waals surface area contributed by atoms with E-state index >= 15 is 0 Å². The van der Waals surface area contributed by atoms with Crippen molar-refractivity contribution in [2.24, 2.45) is 5.73 Å². The van der Waals surface area contributed by atoms with Gasteiger partial charge in [-0.15, -0.1) is 0 Å². The van der Waals surface area contributed by atoms with Gasteiger partial charge in [-0.25, -0.2) is 4.39 Å². The van der Waals surface area contributed by atoms with Crippen LogP contribution in [0.15, 0.2) is 36.5 Å². The summed E-state index contributed by atoms with van der Waals surface area (Å²) in [6.45, 7) is 1.35.